The lowest BCUT2D eigenvalue weighted by molar-refractivity contribution is 0.136. The average Bonchev–Trinajstić information content (AvgIpc) is 3.27. The summed E-state index contributed by atoms with van der Waals surface area (Å²) < 4.78 is 0. The molecule has 1 heterocycles. The Bertz CT molecular complexity index is 460. The number of hydrogen-bond acceptors (Lipinski definition) is 2. The van der Waals surface area contributed by atoms with Gasteiger partial charge in [-0.15, -0.1) is 0 Å². The quantitative estimate of drug-likeness (QED) is 0.0977. The van der Waals surface area contributed by atoms with Crippen LogP contribution in [-0.2, 0) is 0 Å². The summed E-state index contributed by atoms with van der Waals surface area (Å²) in [5.41, 5.74) is 0. The van der Waals surface area contributed by atoms with Crippen LogP contribution in [0.3, 0.4) is 0 Å². The molecule has 0 bridgehead atoms. The lowest BCUT2D eigenvalue weighted by Crippen LogP contribution is -2.39. The molecule has 1 rings (SSSR count). The first-order chi connectivity index (χ1) is 17.8. The van der Waals surface area contributed by atoms with E-state index in [0.29, 0.717) is 6.17 Å². The molecular formula is C34H68N2. The molecule has 0 amide bonds. The Morgan fingerprint density at radius 1 is 0.361 bits per heavy atom. The fourth-order valence-electron chi connectivity index (χ4n) is 5.81. The van der Waals surface area contributed by atoms with E-state index >= 15 is 0 Å². The Morgan fingerprint density at radius 3 is 1.06 bits per heavy atom. The summed E-state index contributed by atoms with van der Waals surface area (Å²) in [7, 11) is 0. The van der Waals surface area contributed by atoms with Crippen molar-refractivity contribution < 1.29 is 0 Å². The summed E-state index contributed by atoms with van der Waals surface area (Å²) in [6.07, 6.45) is 42.6. The van der Waals surface area contributed by atoms with E-state index in [-0.39, 0.29) is 0 Å². The van der Waals surface area contributed by atoms with Gasteiger partial charge in [-0.3, -0.25) is 0 Å². The van der Waals surface area contributed by atoms with Crippen molar-refractivity contribution in [1.82, 2.24) is 9.80 Å². The summed E-state index contributed by atoms with van der Waals surface area (Å²) >= 11 is 0. The molecule has 0 radical (unpaired) electrons. The Balaban J connectivity index is 2.08. The van der Waals surface area contributed by atoms with Gasteiger partial charge in [0.15, 0.2) is 0 Å². The number of nitrogens with zero attached hydrogens (tertiary/aromatic N) is 2. The minimum Gasteiger partial charge on any atom is -0.356 e. The Kier molecular flexibility index (Phi) is 24.1. The van der Waals surface area contributed by atoms with Crippen LogP contribution in [0, 0.1) is 0 Å². The van der Waals surface area contributed by atoms with Crippen LogP contribution in [0.5, 0.6) is 0 Å². The van der Waals surface area contributed by atoms with E-state index in [2.05, 4.69) is 43.0 Å². The monoisotopic (exact) mass is 505 g/mol. The Labute approximate surface area is 229 Å². The summed E-state index contributed by atoms with van der Waals surface area (Å²) in [6, 6.07) is 0. The second kappa shape index (κ2) is 26.0. The van der Waals surface area contributed by atoms with Gasteiger partial charge in [-0.05, 0) is 25.7 Å². The van der Waals surface area contributed by atoms with E-state index in [1.54, 1.807) is 0 Å². The van der Waals surface area contributed by atoms with Crippen molar-refractivity contribution in [3.05, 3.63) is 12.4 Å². The second-order valence-corrected chi connectivity index (χ2v) is 11.8. The van der Waals surface area contributed by atoms with Gasteiger partial charge in [0.25, 0.3) is 0 Å². The van der Waals surface area contributed by atoms with Crippen molar-refractivity contribution in [1.29, 1.82) is 0 Å². The average molecular weight is 505 g/mol. The molecule has 2 heteroatoms. The lowest BCUT2D eigenvalue weighted by atomic mass is 10.0. The van der Waals surface area contributed by atoms with Gasteiger partial charge < -0.3 is 9.80 Å². The molecule has 214 valence electrons. The first-order valence-electron chi connectivity index (χ1n) is 17.0. The highest BCUT2D eigenvalue weighted by Gasteiger charge is 2.24. The van der Waals surface area contributed by atoms with Crippen molar-refractivity contribution in [2.24, 2.45) is 0 Å². The van der Waals surface area contributed by atoms with Gasteiger partial charge in [0.05, 0.1) is 0 Å². The van der Waals surface area contributed by atoms with E-state index in [0.717, 1.165) is 0 Å². The standard InChI is InChI=1S/C34H68N2/c1-4-7-10-12-14-16-18-19-20-21-23-25-27-29-34-35(30-9-6-3)32-33-36(34)31-28-26-24-22-17-15-13-11-8-5-2/h32-34H,4-31H2,1-3H3. The molecule has 1 atom stereocenters. The van der Waals surface area contributed by atoms with Crippen LogP contribution in [0.25, 0.3) is 0 Å². The van der Waals surface area contributed by atoms with Crippen molar-refractivity contribution in [3.63, 3.8) is 0 Å². The molecule has 0 aliphatic carbocycles. The lowest BCUT2D eigenvalue weighted by Gasteiger charge is -2.33. The molecule has 0 fully saturated rings. The fourth-order valence-corrected chi connectivity index (χ4v) is 5.81. The predicted octanol–water partition coefficient (Wildman–Crippen LogP) is 11.6. The molecule has 1 aliphatic heterocycles. The Morgan fingerprint density at radius 2 is 0.667 bits per heavy atom. The van der Waals surface area contributed by atoms with Crippen molar-refractivity contribution >= 4 is 0 Å². The van der Waals surface area contributed by atoms with Gasteiger partial charge in [0.2, 0.25) is 0 Å². The van der Waals surface area contributed by atoms with Crippen molar-refractivity contribution in [2.75, 3.05) is 13.1 Å². The predicted molar refractivity (Wildman–Crippen MR) is 163 cm³/mol. The van der Waals surface area contributed by atoms with E-state index in [9.17, 15) is 0 Å². The molecule has 0 saturated heterocycles. The van der Waals surface area contributed by atoms with Crippen LogP contribution in [0.15, 0.2) is 12.4 Å². The van der Waals surface area contributed by atoms with Gasteiger partial charge in [0.1, 0.15) is 6.17 Å². The van der Waals surface area contributed by atoms with Crippen LogP contribution in [0.4, 0.5) is 0 Å². The molecule has 0 aromatic carbocycles. The minimum atomic E-state index is 0.642. The highest BCUT2D eigenvalue weighted by molar-refractivity contribution is 4.96. The van der Waals surface area contributed by atoms with E-state index in [1.807, 2.05) is 0 Å². The van der Waals surface area contributed by atoms with Gasteiger partial charge in [-0.25, -0.2) is 0 Å². The highest BCUT2D eigenvalue weighted by atomic mass is 15.4. The number of hydrogen-bond donors (Lipinski definition) is 0. The molecule has 2 nitrogen and oxygen atoms in total. The van der Waals surface area contributed by atoms with Crippen LogP contribution in [0.1, 0.15) is 188 Å². The SMILES string of the molecule is CCCCCCCCCCCCCCCC1N(CCCC)C=CN1CCCCCCCCCCCC. The molecular weight excluding hydrogens is 436 g/mol. The first kappa shape index (κ1) is 33.4. The summed E-state index contributed by atoms with van der Waals surface area (Å²) in [6.45, 7) is 9.44. The largest absolute Gasteiger partial charge is 0.356 e. The van der Waals surface area contributed by atoms with Crippen LogP contribution < -0.4 is 0 Å². The maximum absolute atomic E-state index is 2.68. The zero-order chi connectivity index (χ0) is 25.9. The maximum atomic E-state index is 2.68. The molecule has 0 saturated carbocycles. The van der Waals surface area contributed by atoms with Gasteiger partial charge in [-0.2, -0.15) is 0 Å². The van der Waals surface area contributed by atoms with Crippen molar-refractivity contribution in [2.45, 2.75) is 194 Å². The normalized spacial score (nSPS) is 15.5. The summed E-state index contributed by atoms with van der Waals surface area (Å²) in [4.78, 5) is 5.33. The fraction of sp³-hybridized carbons (Fsp3) is 0.941. The third kappa shape index (κ3) is 18.6. The summed E-state index contributed by atoms with van der Waals surface area (Å²) in [5.74, 6) is 0. The Hall–Kier alpha value is -0.660. The third-order valence-electron chi connectivity index (χ3n) is 8.32. The molecule has 1 unspecified atom stereocenters. The topological polar surface area (TPSA) is 6.48 Å². The summed E-state index contributed by atoms with van der Waals surface area (Å²) in [5, 5.41) is 0. The molecule has 36 heavy (non-hydrogen) atoms. The van der Waals surface area contributed by atoms with Gasteiger partial charge in [-0.1, -0.05) is 162 Å². The van der Waals surface area contributed by atoms with Gasteiger partial charge >= 0.3 is 0 Å². The van der Waals surface area contributed by atoms with E-state index in [1.165, 1.54) is 180 Å². The number of rotatable bonds is 28. The molecule has 0 spiro atoms. The van der Waals surface area contributed by atoms with E-state index < -0.39 is 0 Å². The van der Waals surface area contributed by atoms with Gasteiger partial charge in [0, 0.05) is 25.5 Å². The molecule has 1 aliphatic rings. The third-order valence-corrected chi connectivity index (χ3v) is 8.32. The zero-order valence-electron chi connectivity index (χ0n) is 25.4. The van der Waals surface area contributed by atoms with Crippen LogP contribution >= 0.6 is 0 Å². The molecule has 0 N–H and O–H groups in total. The molecule has 0 aromatic heterocycles. The minimum absolute atomic E-state index is 0.642. The van der Waals surface area contributed by atoms with E-state index in [4.69, 9.17) is 0 Å². The number of unbranched alkanes of at least 4 members (excludes halogenated alkanes) is 22. The zero-order valence-corrected chi connectivity index (χ0v) is 25.4. The smallest absolute Gasteiger partial charge is 0.101 e. The highest BCUT2D eigenvalue weighted by Crippen LogP contribution is 2.23. The van der Waals surface area contributed by atoms with Crippen LogP contribution in [-0.4, -0.2) is 29.1 Å². The second-order valence-electron chi connectivity index (χ2n) is 11.8. The maximum Gasteiger partial charge on any atom is 0.101 e. The van der Waals surface area contributed by atoms with Crippen LogP contribution in [0.2, 0.25) is 0 Å². The molecule has 0 aromatic rings. The van der Waals surface area contributed by atoms with Crippen molar-refractivity contribution in [3.8, 4) is 0 Å². The first-order valence-corrected chi connectivity index (χ1v) is 17.0.